The maximum Gasteiger partial charge on any atom is 0.271 e. The Morgan fingerprint density at radius 2 is 1.89 bits per heavy atom. The summed E-state index contributed by atoms with van der Waals surface area (Å²) in [5.74, 6) is 0.740. The molecule has 6 heteroatoms. The van der Waals surface area contributed by atoms with Crippen LogP contribution in [0, 0.1) is 0 Å². The Labute approximate surface area is 221 Å². The molecule has 178 valence electrons. The van der Waals surface area contributed by atoms with Crippen LogP contribution in [-0.2, 0) is 6.42 Å². The first kappa shape index (κ1) is 23.0. The van der Waals surface area contributed by atoms with Gasteiger partial charge in [0.15, 0.2) is 4.80 Å². The fraction of sp³-hybridized carbons (Fsp3) is 0.133. The molecule has 2 aliphatic rings. The molecular formula is C30H23BrN2O2S. The number of ether oxygens (including phenoxy) is 1. The molecule has 0 saturated heterocycles. The fourth-order valence-electron chi connectivity index (χ4n) is 4.98. The summed E-state index contributed by atoms with van der Waals surface area (Å²) in [4.78, 5) is 19.6. The number of halogens is 1. The van der Waals surface area contributed by atoms with E-state index in [0.717, 1.165) is 44.7 Å². The molecule has 6 rings (SSSR count). The highest BCUT2D eigenvalue weighted by Gasteiger charge is 2.32. The zero-order valence-corrected chi connectivity index (χ0v) is 21.9. The molecule has 1 aromatic heterocycles. The summed E-state index contributed by atoms with van der Waals surface area (Å²) in [7, 11) is 0. The van der Waals surface area contributed by atoms with Gasteiger partial charge in [-0.05, 0) is 69.2 Å². The van der Waals surface area contributed by atoms with Gasteiger partial charge >= 0.3 is 0 Å². The van der Waals surface area contributed by atoms with Crippen LogP contribution < -0.4 is 19.6 Å². The zero-order chi connectivity index (χ0) is 24.6. The van der Waals surface area contributed by atoms with Crippen molar-refractivity contribution in [2.24, 2.45) is 4.99 Å². The van der Waals surface area contributed by atoms with Crippen molar-refractivity contribution in [3.05, 3.63) is 137 Å². The van der Waals surface area contributed by atoms with Crippen LogP contribution in [0.4, 0.5) is 0 Å². The lowest BCUT2D eigenvalue weighted by atomic mass is 9.83. The van der Waals surface area contributed by atoms with E-state index >= 15 is 0 Å². The Morgan fingerprint density at radius 3 is 2.69 bits per heavy atom. The third-order valence-corrected chi connectivity index (χ3v) is 8.20. The molecule has 4 aromatic rings. The van der Waals surface area contributed by atoms with Crippen LogP contribution in [0.25, 0.3) is 11.8 Å². The first-order valence-corrected chi connectivity index (χ1v) is 13.5. The Bertz CT molecular complexity index is 1700. The molecule has 3 aromatic carbocycles. The summed E-state index contributed by atoms with van der Waals surface area (Å²) in [5, 5.41) is 0. The molecule has 2 heterocycles. The maximum absolute atomic E-state index is 13.8. The third kappa shape index (κ3) is 4.00. The molecule has 0 fully saturated rings. The van der Waals surface area contributed by atoms with Crippen molar-refractivity contribution in [2.75, 3.05) is 6.61 Å². The largest absolute Gasteiger partial charge is 0.488 e. The first-order chi connectivity index (χ1) is 17.6. The van der Waals surface area contributed by atoms with Gasteiger partial charge in [-0.3, -0.25) is 9.36 Å². The number of aromatic nitrogens is 1. The van der Waals surface area contributed by atoms with Crippen LogP contribution in [0.3, 0.4) is 0 Å². The highest BCUT2D eigenvalue weighted by Crippen LogP contribution is 2.41. The lowest BCUT2D eigenvalue weighted by Gasteiger charge is -2.30. The predicted molar refractivity (Wildman–Crippen MR) is 149 cm³/mol. The van der Waals surface area contributed by atoms with Crippen molar-refractivity contribution >= 4 is 39.0 Å². The minimum Gasteiger partial charge on any atom is -0.488 e. The number of allylic oxidation sites excluding steroid dienone is 1. The number of nitrogens with zero attached hydrogens (tertiary/aromatic N) is 2. The highest BCUT2D eigenvalue weighted by atomic mass is 79.9. The lowest BCUT2D eigenvalue weighted by Crippen LogP contribution is -2.38. The van der Waals surface area contributed by atoms with Gasteiger partial charge in [0.25, 0.3) is 5.56 Å². The average molecular weight is 555 g/mol. The van der Waals surface area contributed by atoms with Gasteiger partial charge in [-0.2, -0.15) is 0 Å². The van der Waals surface area contributed by atoms with Gasteiger partial charge in [0, 0.05) is 5.56 Å². The van der Waals surface area contributed by atoms with E-state index in [4.69, 9.17) is 9.73 Å². The molecule has 4 nitrogen and oxygen atoms in total. The van der Waals surface area contributed by atoms with E-state index in [1.165, 1.54) is 28.0 Å². The molecule has 0 N–H and O–H groups in total. The topological polar surface area (TPSA) is 43.6 Å². The Morgan fingerprint density at radius 1 is 1.08 bits per heavy atom. The molecule has 0 bridgehead atoms. The van der Waals surface area contributed by atoms with E-state index in [-0.39, 0.29) is 11.6 Å². The van der Waals surface area contributed by atoms with Gasteiger partial charge in [0.05, 0.1) is 20.7 Å². The second kappa shape index (κ2) is 9.52. The predicted octanol–water partition coefficient (Wildman–Crippen LogP) is 5.65. The van der Waals surface area contributed by atoms with Gasteiger partial charge in [-0.1, -0.05) is 84.7 Å². The van der Waals surface area contributed by atoms with E-state index < -0.39 is 0 Å². The third-order valence-electron chi connectivity index (χ3n) is 6.60. The normalized spacial score (nSPS) is 16.6. The van der Waals surface area contributed by atoms with E-state index in [9.17, 15) is 4.79 Å². The highest BCUT2D eigenvalue weighted by molar-refractivity contribution is 9.10. The smallest absolute Gasteiger partial charge is 0.271 e. The minimum absolute atomic E-state index is 0.0129. The monoisotopic (exact) mass is 554 g/mol. The Kier molecular flexibility index (Phi) is 6.07. The second-order valence-corrected chi connectivity index (χ2v) is 10.7. The van der Waals surface area contributed by atoms with Crippen molar-refractivity contribution in [1.82, 2.24) is 4.57 Å². The van der Waals surface area contributed by atoms with Crippen molar-refractivity contribution < 1.29 is 4.74 Å². The van der Waals surface area contributed by atoms with Crippen LogP contribution in [0.2, 0.25) is 0 Å². The van der Waals surface area contributed by atoms with E-state index in [0.29, 0.717) is 11.1 Å². The minimum atomic E-state index is -0.158. The molecular weight excluding hydrogens is 532 g/mol. The zero-order valence-electron chi connectivity index (χ0n) is 19.5. The average Bonchev–Trinajstić information content (AvgIpc) is 3.21. The number of benzene rings is 3. The molecule has 0 saturated carbocycles. The summed E-state index contributed by atoms with van der Waals surface area (Å²) < 4.78 is 9.04. The van der Waals surface area contributed by atoms with Gasteiger partial charge in [-0.15, -0.1) is 0 Å². The molecule has 1 aliphatic heterocycles. The SMILES string of the molecule is C=CCOc1ccc(/C=c2\sc3n(c2=O)[C@H](c2ccccc2)C2=C(N=3)c3ccccc3CC2)cc1Br. The van der Waals surface area contributed by atoms with Gasteiger partial charge in [0.1, 0.15) is 12.4 Å². The molecule has 0 radical (unpaired) electrons. The number of fused-ring (bicyclic) bond motifs is 3. The number of hydrogen-bond acceptors (Lipinski definition) is 4. The van der Waals surface area contributed by atoms with Gasteiger partial charge in [0.2, 0.25) is 0 Å². The molecule has 0 amide bonds. The van der Waals surface area contributed by atoms with Crippen LogP contribution >= 0.6 is 27.3 Å². The molecule has 1 aliphatic carbocycles. The fourth-order valence-corrected chi connectivity index (χ4v) is 6.49. The van der Waals surface area contributed by atoms with Crippen LogP contribution in [-0.4, -0.2) is 11.2 Å². The summed E-state index contributed by atoms with van der Waals surface area (Å²) in [5.41, 5.74) is 6.74. The van der Waals surface area contributed by atoms with E-state index in [2.05, 4.69) is 58.9 Å². The number of thiazole rings is 1. The van der Waals surface area contributed by atoms with Crippen LogP contribution in [0.1, 0.15) is 34.7 Å². The van der Waals surface area contributed by atoms with Crippen molar-refractivity contribution in [3.63, 3.8) is 0 Å². The number of hydrogen-bond donors (Lipinski definition) is 0. The van der Waals surface area contributed by atoms with Crippen LogP contribution in [0.15, 0.2) is 105 Å². The quantitative estimate of drug-likeness (QED) is 0.299. The lowest BCUT2D eigenvalue weighted by molar-refractivity contribution is 0.361. The molecule has 36 heavy (non-hydrogen) atoms. The second-order valence-electron chi connectivity index (χ2n) is 8.81. The molecule has 1 atom stereocenters. The standard InChI is InChI=1S/C30H23BrN2O2S/c1-2-16-35-25-15-12-19(17-24(25)31)18-26-29(34)33-28(21-9-4-3-5-10-21)23-14-13-20-8-6-7-11-22(20)27(23)32-30(33)36-26/h2-12,15,17-18,28H,1,13-14,16H2/b26-18-/t28-/m1/s1. The summed E-state index contributed by atoms with van der Waals surface area (Å²) in [6.07, 6.45) is 5.48. The van der Waals surface area contributed by atoms with E-state index in [1.54, 1.807) is 6.08 Å². The summed E-state index contributed by atoms with van der Waals surface area (Å²) >= 11 is 5.02. The van der Waals surface area contributed by atoms with E-state index in [1.807, 2.05) is 47.0 Å². The van der Waals surface area contributed by atoms with Crippen molar-refractivity contribution in [1.29, 1.82) is 0 Å². The first-order valence-electron chi connectivity index (χ1n) is 11.9. The van der Waals surface area contributed by atoms with Crippen LogP contribution in [0.5, 0.6) is 5.75 Å². The van der Waals surface area contributed by atoms with Gasteiger partial charge < -0.3 is 4.74 Å². The Hall–Kier alpha value is -3.48. The Balaban J connectivity index is 1.53. The summed E-state index contributed by atoms with van der Waals surface area (Å²) in [6, 6.07) is 24.5. The van der Waals surface area contributed by atoms with Crippen molar-refractivity contribution in [3.8, 4) is 5.75 Å². The molecule has 0 spiro atoms. The van der Waals surface area contributed by atoms with Crippen molar-refractivity contribution in [2.45, 2.75) is 18.9 Å². The van der Waals surface area contributed by atoms with Gasteiger partial charge in [-0.25, -0.2) is 4.99 Å². The number of rotatable bonds is 5. The maximum atomic E-state index is 13.8. The number of aryl methyl sites for hydroxylation is 1. The summed E-state index contributed by atoms with van der Waals surface area (Å²) in [6.45, 7) is 4.13. The molecule has 0 unspecified atom stereocenters.